The first-order valence-electron chi connectivity index (χ1n) is 14.2. The third kappa shape index (κ3) is 6.50. The van der Waals surface area contributed by atoms with Crippen molar-refractivity contribution in [2.24, 2.45) is 0 Å². The van der Waals surface area contributed by atoms with Gasteiger partial charge in [0.1, 0.15) is 0 Å². The smallest absolute Gasteiger partial charge is 0.311 e. The summed E-state index contributed by atoms with van der Waals surface area (Å²) in [5, 5.41) is 10.7. The zero-order chi connectivity index (χ0) is 28.8. The zero-order valence-electron chi connectivity index (χ0n) is 25.0. The number of hydrogen-bond acceptors (Lipinski definition) is 4. The minimum atomic E-state index is -0.754. The van der Waals surface area contributed by atoms with Crippen LogP contribution in [-0.4, -0.2) is 28.8 Å². The second kappa shape index (κ2) is 12.7. The Morgan fingerprint density at radius 2 is 1.49 bits per heavy atom. The van der Waals surface area contributed by atoms with E-state index >= 15 is 0 Å². The van der Waals surface area contributed by atoms with Gasteiger partial charge in [0.25, 0.3) is 0 Å². The van der Waals surface area contributed by atoms with Crippen LogP contribution < -0.4 is 0 Å². The van der Waals surface area contributed by atoms with Crippen LogP contribution in [0.5, 0.6) is 0 Å². The van der Waals surface area contributed by atoms with E-state index in [9.17, 15) is 9.90 Å². The summed E-state index contributed by atoms with van der Waals surface area (Å²) in [6.45, 7) is 15.1. The number of aliphatic hydroxyl groups is 1. The number of esters is 1. The molecule has 0 amide bonds. The van der Waals surface area contributed by atoms with Crippen molar-refractivity contribution in [2.75, 3.05) is 7.11 Å². The topological polar surface area (TPSA) is 59.4 Å². The monoisotopic (exact) mass is 527 g/mol. The van der Waals surface area contributed by atoms with Gasteiger partial charge in [0.05, 0.1) is 24.8 Å². The van der Waals surface area contributed by atoms with Crippen molar-refractivity contribution < 1.29 is 14.6 Å². The molecule has 0 bridgehead atoms. The Bertz CT molecular complexity index is 1290. The molecular formula is C35H45NO3. The fourth-order valence-electron chi connectivity index (χ4n) is 5.72. The molecule has 0 aliphatic rings. The van der Waals surface area contributed by atoms with Crippen LogP contribution in [0.2, 0.25) is 0 Å². The largest absolute Gasteiger partial charge is 0.469 e. The predicted octanol–water partition coefficient (Wildman–Crippen LogP) is 8.06. The molecule has 0 radical (unpaired) electrons. The first-order valence-corrected chi connectivity index (χ1v) is 14.2. The highest BCUT2D eigenvalue weighted by Crippen LogP contribution is 2.42. The molecule has 2 aromatic carbocycles. The van der Waals surface area contributed by atoms with Crippen LogP contribution in [0.25, 0.3) is 17.2 Å². The number of aryl methyl sites for hydroxylation is 3. The summed E-state index contributed by atoms with van der Waals surface area (Å²) >= 11 is 0. The van der Waals surface area contributed by atoms with Crippen LogP contribution in [0.4, 0.5) is 0 Å². The van der Waals surface area contributed by atoms with Crippen LogP contribution in [0, 0.1) is 20.8 Å². The number of carbonyl (C=O) groups is 1. The van der Waals surface area contributed by atoms with Crippen molar-refractivity contribution in [3.8, 4) is 11.1 Å². The van der Waals surface area contributed by atoms with Gasteiger partial charge in [0, 0.05) is 17.2 Å². The Labute approximate surface area is 235 Å². The summed E-state index contributed by atoms with van der Waals surface area (Å²) < 4.78 is 4.77. The standard InChI is InChI=1S/C35H45NO3/c1-9-34(38,10-2)18-17-27-13-15-29(19-24(27)5)35(11-3,12-4)30-20-25(6)33(26(7)21-30)28-14-16-31(36-23-28)22-32(37)39-8/h13-21,23,38H,9-12,22H2,1-8H3/b18-17+. The van der Waals surface area contributed by atoms with Crippen molar-refractivity contribution >= 4 is 12.0 Å². The highest BCUT2D eigenvalue weighted by Gasteiger charge is 2.32. The number of methoxy groups -OCH3 is 1. The van der Waals surface area contributed by atoms with Crippen LogP contribution in [0.3, 0.4) is 0 Å². The summed E-state index contributed by atoms with van der Waals surface area (Å²) in [6, 6.07) is 15.4. The molecule has 4 heteroatoms. The van der Waals surface area contributed by atoms with Gasteiger partial charge in [0.2, 0.25) is 0 Å². The van der Waals surface area contributed by atoms with Crippen LogP contribution >= 0.6 is 0 Å². The molecule has 0 aliphatic heterocycles. The number of carbonyl (C=O) groups excluding carboxylic acids is 1. The van der Waals surface area contributed by atoms with Crippen molar-refractivity contribution in [2.45, 2.75) is 91.6 Å². The molecule has 0 atom stereocenters. The number of hydrogen-bond donors (Lipinski definition) is 1. The third-order valence-corrected chi connectivity index (χ3v) is 8.58. The Hall–Kier alpha value is -3.24. The number of nitrogens with zero attached hydrogens (tertiary/aromatic N) is 1. The summed E-state index contributed by atoms with van der Waals surface area (Å²) in [5.41, 5.74) is 9.53. The number of aromatic nitrogens is 1. The molecule has 4 nitrogen and oxygen atoms in total. The lowest BCUT2D eigenvalue weighted by atomic mass is 9.69. The summed E-state index contributed by atoms with van der Waals surface area (Å²) in [7, 11) is 1.39. The fraction of sp³-hybridized carbons (Fsp3) is 0.429. The number of pyridine rings is 1. The molecule has 0 spiro atoms. The molecule has 39 heavy (non-hydrogen) atoms. The fourth-order valence-corrected chi connectivity index (χ4v) is 5.72. The Kier molecular flexibility index (Phi) is 9.90. The van der Waals surface area contributed by atoms with Crippen LogP contribution in [-0.2, 0) is 21.4 Å². The third-order valence-electron chi connectivity index (χ3n) is 8.58. The SMILES string of the molecule is CCC(O)(/C=C/c1ccc(C(CC)(CC)c2cc(C)c(-c3ccc(CC(=O)OC)nc3)c(C)c2)cc1C)CC. The van der Waals surface area contributed by atoms with E-state index in [0.29, 0.717) is 18.5 Å². The molecule has 0 aliphatic carbocycles. The van der Waals surface area contributed by atoms with Crippen molar-refractivity contribution in [3.63, 3.8) is 0 Å². The van der Waals surface area contributed by atoms with E-state index in [1.807, 2.05) is 38.3 Å². The van der Waals surface area contributed by atoms with Gasteiger partial charge in [-0.2, -0.15) is 0 Å². The number of rotatable bonds is 11. The van der Waals surface area contributed by atoms with Gasteiger partial charge in [-0.1, -0.05) is 76.2 Å². The molecule has 0 fully saturated rings. The molecule has 3 rings (SSSR count). The highest BCUT2D eigenvalue weighted by molar-refractivity contribution is 5.74. The Morgan fingerprint density at radius 1 is 0.872 bits per heavy atom. The molecular weight excluding hydrogens is 482 g/mol. The lowest BCUT2D eigenvalue weighted by Gasteiger charge is -2.35. The molecule has 1 heterocycles. The lowest BCUT2D eigenvalue weighted by Crippen LogP contribution is -2.26. The number of ether oxygens (including phenoxy) is 1. The van der Waals surface area contributed by atoms with Crippen molar-refractivity contribution in [1.82, 2.24) is 4.98 Å². The van der Waals surface area contributed by atoms with E-state index in [2.05, 4.69) is 76.0 Å². The van der Waals surface area contributed by atoms with Gasteiger partial charge in [-0.15, -0.1) is 0 Å². The van der Waals surface area contributed by atoms with Gasteiger partial charge in [0.15, 0.2) is 0 Å². The van der Waals surface area contributed by atoms with Gasteiger partial charge in [-0.05, 0) is 91.5 Å². The van der Waals surface area contributed by atoms with E-state index in [0.717, 1.165) is 24.0 Å². The average molecular weight is 528 g/mol. The van der Waals surface area contributed by atoms with Gasteiger partial charge < -0.3 is 9.84 Å². The first-order chi connectivity index (χ1) is 18.6. The molecule has 208 valence electrons. The second-order valence-electron chi connectivity index (χ2n) is 10.8. The number of benzene rings is 2. The quantitative estimate of drug-likeness (QED) is 0.256. The van der Waals surface area contributed by atoms with Crippen molar-refractivity contribution in [3.05, 3.63) is 93.8 Å². The zero-order valence-corrected chi connectivity index (χ0v) is 25.0. The second-order valence-corrected chi connectivity index (χ2v) is 10.8. The molecule has 3 aromatic rings. The Balaban J connectivity index is 2.00. The predicted molar refractivity (Wildman–Crippen MR) is 162 cm³/mol. The maximum absolute atomic E-state index is 11.6. The van der Waals surface area contributed by atoms with E-state index in [1.54, 1.807) is 0 Å². The van der Waals surface area contributed by atoms with E-state index in [-0.39, 0.29) is 17.8 Å². The minimum absolute atomic E-state index is 0.1000. The maximum Gasteiger partial charge on any atom is 0.311 e. The Morgan fingerprint density at radius 3 is 1.97 bits per heavy atom. The van der Waals surface area contributed by atoms with Gasteiger partial charge in [-0.25, -0.2) is 0 Å². The van der Waals surface area contributed by atoms with Crippen LogP contribution in [0.15, 0.2) is 54.7 Å². The highest BCUT2D eigenvalue weighted by atomic mass is 16.5. The van der Waals surface area contributed by atoms with Crippen LogP contribution in [0.1, 0.15) is 92.5 Å². The summed E-state index contributed by atoms with van der Waals surface area (Å²) in [5.74, 6) is -0.287. The van der Waals surface area contributed by atoms with Gasteiger partial charge >= 0.3 is 5.97 Å². The maximum atomic E-state index is 11.6. The summed E-state index contributed by atoms with van der Waals surface area (Å²) in [4.78, 5) is 16.1. The normalized spacial score (nSPS) is 12.2. The summed E-state index contributed by atoms with van der Waals surface area (Å²) in [6.07, 6.45) is 9.44. The van der Waals surface area contributed by atoms with E-state index < -0.39 is 5.60 Å². The lowest BCUT2D eigenvalue weighted by molar-refractivity contribution is -0.139. The van der Waals surface area contributed by atoms with E-state index in [4.69, 9.17) is 4.74 Å². The van der Waals surface area contributed by atoms with E-state index in [1.165, 1.54) is 40.5 Å². The van der Waals surface area contributed by atoms with Gasteiger partial charge in [-0.3, -0.25) is 9.78 Å². The molecule has 0 saturated heterocycles. The molecule has 1 N–H and O–H groups in total. The molecule has 1 aromatic heterocycles. The first kappa shape index (κ1) is 30.3. The molecule has 0 unspecified atom stereocenters. The van der Waals surface area contributed by atoms with Crippen molar-refractivity contribution in [1.29, 1.82) is 0 Å². The molecule has 0 saturated carbocycles. The minimum Gasteiger partial charge on any atom is -0.469 e. The average Bonchev–Trinajstić information content (AvgIpc) is 2.94.